The smallest absolute Gasteiger partial charge is 0.238 e. The van der Waals surface area contributed by atoms with Crippen molar-refractivity contribution in [2.45, 2.75) is 37.6 Å². The molecule has 0 saturated heterocycles. The molecule has 1 fully saturated rings. The highest BCUT2D eigenvalue weighted by Crippen LogP contribution is 2.43. The second-order valence-electron chi connectivity index (χ2n) is 6.68. The lowest BCUT2D eigenvalue weighted by Gasteiger charge is -2.17. The van der Waals surface area contributed by atoms with Crippen molar-refractivity contribution in [2.75, 3.05) is 5.32 Å². The topological polar surface area (TPSA) is 72.7 Å². The van der Waals surface area contributed by atoms with Crippen LogP contribution in [0.3, 0.4) is 0 Å². The van der Waals surface area contributed by atoms with Crippen molar-refractivity contribution in [1.82, 2.24) is 19.7 Å². The van der Waals surface area contributed by atoms with Gasteiger partial charge in [-0.15, -0.1) is 0 Å². The first-order valence-electron chi connectivity index (χ1n) is 8.51. The molecule has 1 unspecified atom stereocenters. The summed E-state index contributed by atoms with van der Waals surface area (Å²) in [4.78, 5) is 21.3. The molecule has 3 heterocycles. The van der Waals surface area contributed by atoms with Gasteiger partial charge in [0, 0.05) is 16.9 Å². The zero-order chi connectivity index (χ0) is 17.0. The number of hydrogen-bond acceptors (Lipinski definition) is 4. The predicted molar refractivity (Wildman–Crippen MR) is 94.8 cm³/mol. The van der Waals surface area contributed by atoms with Crippen molar-refractivity contribution in [3.63, 3.8) is 0 Å². The quantitative estimate of drug-likeness (QED) is 0.762. The third kappa shape index (κ3) is 2.24. The Morgan fingerprint density at radius 1 is 1.24 bits per heavy atom. The van der Waals surface area contributed by atoms with E-state index in [1.54, 1.807) is 12.3 Å². The van der Waals surface area contributed by atoms with Crippen molar-refractivity contribution in [1.29, 1.82) is 0 Å². The first-order valence-corrected chi connectivity index (χ1v) is 8.88. The van der Waals surface area contributed by atoms with Crippen LogP contribution in [0.5, 0.6) is 0 Å². The highest BCUT2D eigenvalue weighted by atomic mass is 35.5. The van der Waals surface area contributed by atoms with Gasteiger partial charge in [0.05, 0.1) is 17.1 Å². The normalized spacial score (nSPS) is 20.2. The molecule has 0 bridgehead atoms. The number of aromatic nitrogens is 4. The number of anilines is 1. The molecule has 0 radical (unpaired) electrons. The van der Waals surface area contributed by atoms with Gasteiger partial charge in [-0.3, -0.25) is 9.48 Å². The van der Waals surface area contributed by atoms with E-state index in [0.29, 0.717) is 16.7 Å². The molecule has 126 valence electrons. The molecule has 1 amide bonds. The maximum Gasteiger partial charge on any atom is 0.238 e. The zero-order valence-electron chi connectivity index (χ0n) is 13.4. The van der Waals surface area contributed by atoms with Crippen LogP contribution >= 0.6 is 11.6 Å². The van der Waals surface area contributed by atoms with Gasteiger partial charge < -0.3 is 5.32 Å². The molecule has 6 nitrogen and oxygen atoms in total. The Kier molecular flexibility index (Phi) is 3.28. The monoisotopic (exact) mass is 353 g/mol. The van der Waals surface area contributed by atoms with Gasteiger partial charge in [0.15, 0.2) is 5.65 Å². The highest BCUT2D eigenvalue weighted by molar-refractivity contribution is 6.31. The fourth-order valence-electron chi connectivity index (χ4n) is 4.08. The summed E-state index contributed by atoms with van der Waals surface area (Å²) >= 11 is 6.08. The van der Waals surface area contributed by atoms with E-state index in [1.807, 2.05) is 16.8 Å². The summed E-state index contributed by atoms with van der Waals surface area (Å²) in [5.74, 6) is -0.467. The molecule has 1 aliphatic heterocycles. The van der Waals surface area contributed by atoms with Crippen LogP contribution in [0, 0.1) is 0 Å². The lowest BCUT2D eigenvalue weighted by Crippen LogP contribution is -2.19. The second kappa shape index (κ2) is 5.52. The molecule has 25 heavy (non-hydrogen) atoms. The van der Waals surface area contributed by atoms with E-state index in [1.165, 1.54) is 19.2 Å². The van der Waals surface area contributed by atoms with Crippen LogP contribution in [0.15, 0.2) is 30.7 Å². The fourth-order valence-corrected chi connectivity index (χ4v) is 4.26. The van der Waals surface area contributed by atoms with Crippen molar-refractivity contribution in [3.8, 4) is 0 Å². The number of nitrogens with zero attached hydrogens (tertiary/aromatic N) is 4. The van der Waals surface area contributed by atoms with Crippen LogP contribution in [0.2, 0.25) is 5.02 Å². The minimum atomic E-state index is -0.413. The second-order valence-corrected chi connectivity index (χ2v) is 7.12. The van der Waals surface area contributed by atoms with Crippen molar-refractivity contribution < 1.29 is 4.79 Å². The molecule has 5 rings (SSSR count). The standard InChI is InChI=1S/C18H16ClN5O/c19-10-5-6-12-14(7-10)22-18(25)15(12)16-13-8-20-9-21-17(13)23-24(16)11-3-1-2-4-11/h5-9,11,15H,1-4H2,(H,22,25). The van der Waals surface area contributed by atoms with Crippen molar-refractivity contribution in [2.24, 2.45) is 0 Å². The summed E-state index contributed by atoms with van der Waals surface area (Å²) in [6.45, 7) is 0. The lowest BCUT2D eigenvalue weighted by atomic mass is 9.95. The maximum atomic E-state index is 12.8. The molecule has 0 spiro atoms. The Bertz CT molecular complexity index is 992. The fraction of sp³-hybridized carbons (Fsp3) is 0.333. The summed E-state index contributed by atoms with van der Waals surface area (Å²) in [5, 5.41) is 9.13. The Labute approximate surface area is 149 Å². The SMILES string of the molecule is O=C1Nc2cc(Cl)ccc2C1c1c2cncnc2nn1C1CCCC1. The number of rotatable bonds is 2. The van der Waals surface area contributed by atoms with Crippen LogP contribution in [-0.2, 0) is 4.79 Å². The highest BCUT2D eigenvalue weighted by Gasteiger charge is 2.38. The van der Waals surface area contributed by atoms with E-state index >= 15 is 0 Å². The molecule has 1 atom stereocenters. The minimum Gasteiger partial charge on any atom is -0.325 e. The number of nitrogens with one attached hydrogen (secondary N) is 1. The zero-order valence-corrected chi connectivity index (χ0v) is 14.2. The van der Waals surface area contributed by atoms with Gasteiger partial charge in [0.1, 0.15) is 12.2 Å². The molecule has 3 aromatic rings. The average molecular weight is 354 g/mol. The molecule has 2 aromatic heterocycles. The first kappa shape index (κ1) is 14.8. The van der Waals surface area contributed by atoms with Crippen LogP contribution in [0.1, 0.15) is 48.9 Å². The van der Waals surface area contributed by atoms with Gasteiger partial charge >= 0.3 is 0 Å². The van der Waals surface area contributed by atoms with E-state index < -0.39 is 5.92 Å². The first-order chi connectivity index (χ1) is 12.2. The maximum absolute atomic E-state index is 12.8. The number of benzene rings is 1. The molecule has 1 aromatic carbocycles. The predicted octanol–water partition coefficient (Wildman–Crippen LogP) is 3.68. The summed E-state index contributed by atoms with van der Waals surface area (Å²) in [6.07, 6.45) is 7.80. The van der Waals surface area contributed by atoms with Gasteiger partial charge in [-0.1, -0.05) is 30.5 Å². The Hall–Kier alpha value is -2.47. The van der Waals surface area contributed by atoms with Crippen LogP contribution in [0.25, 0.3) is 11.0 Å². The van der Waals surface area contributed by atoms with Crippen molar-refractivity contribution in [3.05, 3.63) is 47.0 Å². The van der Waals surface area contributed by atoms with Gasteiger partial charge in [-0.25, -0.2) is 9.97 Å². The number of fused-ring (bicyclic) bond motifs is 2. The number of amides is 1. The lowest BCUT2D eigenvalue weighted by molar-refractivity contribution is -0.116. The Morgan fingerprint density at radius 3 is 2.92 bits per heavy atom. The largest absolute Gasteiger partial charge is 0.325 e. The molecular weight excluding hydrogens is 338 g/mol. The Morgan fingerprint density at radius 2 is 2.08 bits per heavy atom. The van der Waals surface area contributed by atoms with Gasteiger partial charge in [0.2, 0.25) is 5.91 Å². The molecular formula is C18H16ClN5O. The summed E-state index contributed by atoms with van der Waals surface area (Å²) in [7, 11) is 0. The third-order valence-corrected chi connectivity index (χ3v) is 5.44. The van der Waals surface area contributed by atoms with E-state index in [4.69, 9.17) is 16.7 Å². The molecule has 1 aliphatic carbocycles. The summed E-state index contributed by atoms with van der Waals surface area (Å²) in [6, 6.07) is 5.85. The van der Waals surface area contributed by atoms with E-state index in [0.717, 1.165) is 35.2 Å². The number of carbonyl (C=O) groups excluding carboxylic acids is 1. The number of hydrogen-bond donors (Lipinski definition) is 1. The van der Waals surface area contributed by atoms with Gasteiger partial charge in [0.25, 0.3) is 0 Å². The summed E-state index contributed by atoms with van der Waals surface area (Å²) in [5.41, 5.74) is 3.24. The van der Waals surface area contributed by atoms with Crippen molar-refractivity contribution >= 4 is 34.2 Å². The van der Waals surface area contributed by atoms with Crippen LogP contribution in [-0.4, -0.2) is 25.7 Å². The molecule has 1 saturated carbocycles. The third-order valence-electron chi connectivity index (χ3n) is 5.21. The number of halogens is 1. The molecule has 7 heteroatoms. The van der Waals surface area contributed by atoms with Crippen LogP contribution in [0.4, 0.5) is 5.69 Å². The van der Waals surface area contributed by atoms with E-state index in [9.17, 15) is 4.79 Å². The summed E-state index contributed by atoms with van der Waals surface area (Å²) < 4.78 is 2.03. The minimum absolute atomic E-state index is 0.0535. The molecule has 2 aliphatic rings. The van der Waals surface area contributed by atoms with Gasteiger partial charge in [-0.05, 0) is 30.5 Å². The van der Waals surface area contributed by atoms with E-state index in [-0.39, 0.29) is 5.91 Å². The number of carbonyl (C=O) groups is 1. The average Bonchev–Trinajstić information content (AvgIpc) is 3.30. The van der Waals surface area contributed by atoms with E-state index in [2.05, 4.69) is 15.3 Å². The molecule has 1 N–H and O–H groups in total. The van der Waals surface area contributed by atoms with Gasteiger partial charge in [-0.2, -0.15) is 5.10 Å². The Balaban J connectivity index is 1.75. The van der Waals surface area contributed by atoms with Crippen LogP contribution < -0.4 is 5.32 Å².